The van der Waals surface area contributed by atoms with Gasteiger partial charge < -0.3 is 23.7 Å². The molecule has 0 unspecified atom stereocenters. The first-order valence-corrected chi connectivity index (χ1v) is 13.9. The van der Waals surface area contributed by atoms with E-state index in [1.807, 2.05) is 13.8 Å². The lowest BCUT2D eigenvalue weighted by Gasteiger charge is -2.48. The number of carbonyl (C=O) groups excluding carboxylic acids is 5. The zero-order valence-corrected chi connectivity index (χ0v) is 25.3. The smallest absolute Gasteiger partial charge is 0.303 e. The molecule has 0 N–H and O–H groups in total. The maximum absolute atomic E-state index is 12.8. The van der Waals surface area contributed by atoms with Crippen LogP contribution in [0.5, 0.6) is 0 Å². The topological polar surface area (TPSA) is 132 Å². The molecule has 0 aromatic carbocycles. The maximum atomic E-state index is 12.8. The average Bonchev–Trinajstić information content (AvgIpc) is 3.18. The minimum atomic E-state index is -1.61. The van der Waals surface area contributed by atoms with Gasteiger partial charge in [0.1, 0.15) is 11.7 Å². The van der Waals surface area contributed by atoms with E-state index in [9.17, 15) is 24.0 Å². The summed E-state index contributed by atoms with van der Waals surface area (Å²) in [6.07, 6.45) is -0.0583. The average molecular weight is 565 g/mol. The van der Waals surface area contributed by atoms with Crippen molar-refractivity contribution >= 4 is 29.8 Å². The Morgan fingerprint density at radius 3 is 1.85 bits per heavy atom. The molecule has 10 heteroatoms. The second-order valence-corrected chi connectivity index (χ2v) is 12.7. The number of allylic oxidation sites excluding steroid dienone is 1. The summed E-state index contributed by atoms with van der Waals surface area (Å²) in [4.78, 5) is 62.9. The van der Waals surface area contributed by atoms with Crippen LogP contribution < -0.4 is 0 Å². The first-order valence-electron chi connectivity index (χ1n) is 13.9. The number of hydrogen-bond acceptors (Lipinski definition) is 10. The van der Waals surface area contributed by atoms with Gasteiger partial charge in [0.15, 0.2) is 17.8 Å². The second kappa shape index (κ2) is 11.2. The molecule has 224 valence electrons. The SMILES string of the molecule is CC(=O)O[C@@H]1[C@@H]2[C@@H](OC(C)=O)[C@](C)(OC(C)=O)CC[C@H]3[C@@H](/C=C(\C)[C@H](OC(C)=O)[C@@]2(OC(C)=O)C[C@@H]1C)C3(C)C. The summed E-state index contributed by atoms with van der Waals surface area (Å²) in [5.41, 5.74) is -2.42. The van der Waals surface area contributed by atoms with Crippen molar-refractivity contribution in [3.05, 3.63) is 11.6 Å². The molecule has 9 atom stereocenters. The van der Waals surface area contributed by atoms with Gasteiger partial charge in [0.2, 0.25) is 0 Å². The van der Waals surface area contributed by atoms with Crippen LogP contribution in [-0.2, 0) is 47.7 Å². The number of ether oxygens (including phenoxy) is 5. The molecular weight excluding hydrogens is 520 g/mol. The predicted octanol–water partition coefficient (Wildman–Crippen LogP) is 4.07. The molecule has 0 saturated heterocycles. The number of hydrogen-bond donors (Lipinski definition) is 0. The molecule has 40 heavy (non-hydrogen) atoms. The van der Waals surface area contributed by atoms with E-state index in [4.69, 9.17) is 23.7 Å². The molecule has 3 aliphatic rings. The van der Waals surface area contributed by atoms with Gasteiger partial charge >= 0.3 is 29.8 Å². The lowest BCUT2D eigenvalue weighted by molar-refractivity contribution is -0.228. The van der Waals surface area contributed by atoms with Gasteiger partial charge in [0, 0.05) is 34.6 Å². The molecule has 0 aromatic heterocycles. The van der Waals surface area contributed by atoms with Gasteiger partial charge in [0.05, 0.1) is 5.92 Å². The largest absolute Gasteiger partial charge is 0.462 e. The van der Waals surface area contributed by atoms with E-state index in [0.717, 1.165) is 0 Å². The second-order valence-electron chi connectivity index (χ2n) is 12.7. The fraction of sp³-hybridized carbons (Fsp3) is 0.767. The molecule has 0 bridgehead atoms. The zero-order chi connectivity index (χ0) is 30.4. The molecule has 2 saturated carbocycles. The van der Waals surface area contributed by atoms with Crippen molar-refractivity contribution < 1.29 is 47.7 Å². The molecule has 0 spiro atoms. The Hall–Kier alpha value is -2.91. The Morgan fingerprint density at radius 1 is 0.800 bits per heavy atom. The van der Waals surface area contributed by atoms with Gasteiger partial charge in [-0.1, -0.05) is 26.8 Å². The predicted molar refractivity (Wildman–Crippen MR) is 142 cm³/mol. The molecule has 0 radical (unpaired) electrons. The van der Waals surface area contributed by atoms with Gasteiger partial charge in [-0.15, -0.1) is 0 Å². The van der Waals surface area contributed by atoms with Gasteiger partial charge in [0.25, 0.3) is 0 Å². The van der Waals surface area contributed by atoms with Crippen LogP contribution in [0.3, 0.4) is 0 Å². The summed E-state index contributed by atoms with van der Waals surface area (Å²) in [6, 6.07) is 0. The van der Waals surface area contributed by atoms with Crippen molar-refractivity contribution in [3.8, 4) is 0 Å². The summed E-state index contributed by atoms with van der Waals surface area (Å²) < 4.78 is 29.9. The minimum absolute atomic E-state index is 0.0907. The van der Waals surface area contributed by atoms with Crippen LogP contribution in [-0.4, -0.2) is 59.4 Å². The van der Waals surface area contributed by atoms with Crippen molar-refractivity contribution in [1.82, 2.24) is 0 Å². The van der Waals surface area contributed by atoms with Crippen molar-refractivity contribution in [2.75, 3.05) is 0 Å². The van der Waals surface area contributed by atoms with E-state index < -0.39 is 71.2 Å². The maximum Gasteiger partial charge on any atom is 0.303 e. The third kappa shape index (κ3) is 6.05. The Labute approximate surface area is 236 Å². The summed E-state index contributed by atoms with van der Waals surface area (Å²) in [6.45, 7) is 15.9. The number of fused-ring (bicyclic) bond motifs is 2. The third-order valence-electron chi connectivity index (χ3n) is 9.03. The molecule has 0 amide bonds. The molecule has 0 heterocycles. The fourth-order valence-electron chi connectivity index (χ4n) is 7.47. The van der Waals surface area contributed by atoms with Gasteiger partial charge in [-0.05, 0) is 61.9 Å². The highest BCUT2D eigenvalue weighted by Crippen LogP contribution is 2.63. The van der Waals surface area contributed by atoms with E-state index in [2.05, 4.69) is 19.9 Å². The molecule has 3 aliphatic carbocycles. The Morgan fingerprint density at radius 2 is 1.35 bits per heavy atom. The monoisotopic (exact) mass is 564 g/mol. The Balaban J connectivity index is 2.43. The van der Waals surface area contributed by atoms with Crippen molar-refractivity contribution in [1.29, 1.82) is 0 Å². The quantitative estimate of drug-likeness (QED) is 0.273. The molecule has 2 fully saturated rings. The van der Waals surface area contributed by atoms with Crippen LogP contribution in [0.4, 0.5) is 0 Å². The summed E-state index contributed by atoms with van der Waals surface area (Å²) in [7, 11) is 0. The van der Waals surface area contributed by atoms with Crippen molar-refractivity contribution in [3.63, 3.8) is 0 Å². The lowest BCUT2D eigenvalue weighted by atomic mass is 9.72. The van der Waals surface area contributed by atoms with Gasteiger partial charge in [-0.2, -0.15) is 0 Å². The van der Waals surface area contributed by atoms with Gasteiger partial charge in [-0.25, -0.2) is 0 Å². The highest BCUT2D eigenvalue weighted by atomic mass is 16.6. The minimum Gasteiger partial charge on any atom is -0.462 e. The van der Waals surface area contributed by atoms with E-state index in [0.29, 0.717) is 18.4 Å². The van der Waals surface area contributed by atoms with Crippen LogP contribution in [0.1, 0.15) is 88.5 Å². The molecule has 0 aliphatic heterocycles. The highest BCUT2D eigenvalue weighted by molar-refractivity contribution is 5.70. The van der Waals surface area contributed by atoms with Crippen LogP contribution in [0.2, 0.25) is 0 Å². The summed E-state index contributed by atoms with van der Waals surface area (Å²) in [5, 5.41) is 0. The normalized spacial score (nSPS) is 39.5. The van der Waals surface area contributed by atoms with E-state index in [1.54, 1.807) is 6.92 Å². The van der Waals surface area contributed by atoms with Crippen LogP contribution >= 0.6 is 0 Å². The first-order chi connectivity index (χ1) is 18.4. The number of carbonyl (C=O) groups is 5. The van der Waals surface area contributed by atoms with Gasteiger partial charge in [-0.3, -0.25) is 24.0 Å². The van der Waals surface area contributed by atoms with E-state index in [1.165, 1.54) is 34.6 Å². The first kappa shape index (κ1) is 31.6. The van der Waals surface area contributed by atoms with Crippen molar-refractivity contribution in [2.24, 2.45) is 29.1 Å². The molecule has 10 nitrogen and oxygen atoms in total. The Kier molecular flexibility index (Phi) is 8.82. The standard InChI is InChI=1S/C30H44O10/c1-15-13-23-22(28(23,8)9)11-12-29(10,39-20(6)34)27(38-19(5)33)24-25(36-17(3)31)16(2)14-30(24,40-21(7)35)26(15)37-18(4)32/h13,16,22-27H,11-12,14H2,1-10H3/b15-13+/t16-,22-,23+,24+,25-,26-,27+,29+,30+/m0/s1. The zero-order valence-electron chi connectivity index (χ0n) is 25.3. The summed E-state index contributed by atoms with van der Waals surface area (Å²) >= 11 is 0. The van der Waals surface area contributed by atoms with Crippen molar-refractivity contribution in [2.45, 2.75) is 118 Å². The number of rotatable bonds is 5. The van der Waals surface area contributed by atoms with Crippen LogP contribution in [0.15, 0.2) is 11.6 Å². The Bertz CT molecular complexity index is 1090. The van der Waals surface area contributed by atoms with E-state index >= 15 is 0 Å². The lowest BCUT2D eigenvalue weighted by Crippen LogP contribution is -2.63. The summed E-state index contributed by atoms with van der Waals surface area (Å²) in [5.74, 6) is -4.20. The van der Waals surface area contributed by atoms with E-state index in [-0.39, 0.29) is 23.7 Å². The molecule has 3 rings (SSSR count). The molecule has 0 aromatic rings. The van der Waals surface area contributed by atoms with Crippen LogP contribution in [0, 0.1) is 29.1 Å². The fourth-order valence-corrected chi connectivity index (χ4v) is 7.47. The third-order valence-corrected chi connectivity index (χ3v) is 9.03. The van der Waals surface area contributed by atoms with Crippen LogP contribution in [0.25, 0.3) is 0 Å². The highest BCUT2D eigenvalue weighted by Gasteiger charge is 2.69. The molecular formula is C30H44O10. The number of esters is 5.